The van der Waals surface area contributed by atoms with E-state index in [1.165, 1.54) is 6.92 Å². The van der Waals surface area contributed by atoms with Crippen LogP contribution in [0.3, 0.4) is 0 Å². The van der Waals surface area contributed by atoms with Gasteiger partial charge in [-0.05, 0) is 6.92 Å². The molecule has 1 unspecified atom stereocenters. The van der Waals surface area contributed by atoms with Gasteiger partial charge in [-0.25, -0.2) is 0 Å². The molecule has 0 aliphatic carbocycles. The Kier molecular flexibility index (Phi) is 2.62. The lowest BCUT2D eigenvalue weighted by molar-refractivity contribution is 0.284. The van der Waals surface area contributed by atoms with Crippen molar-refractivity contribution in [3.63, 3.8) is 0 Å². The highest BCUT2D eigenvalue weighted by Gasteiger charge is 2.07. The average Bonchev–Trinajstić information content (AvgIpc) is 1.62. The zero-order valence-corrected chi connectivity index (χ0v) is 5.97. The molecule has 0 heterocycles. The average molecular weight is 149 g/mol. The summed E-state index contributed by atoms with van der Waals surface area (Å²) >= 11 is 0. The minimum Gasteiger partial charge on any atom is -0.252 e. The molecule has 0 rings (SSSR count). The summed E-state index contributed by atoms with van der Waals surface area (Å²) in [5, 5.41) is 8.06. The normalized spacial score (nSPS) is 14.3. The van der Waals surface area contributed by atoms with Gasteiger partial charge in [0, 0.05) is 0 Å². The minimum absolute atomic E-state index is 0.889. The van der Waals surface area contributed by atoms with Crippen LogP contribution in [0, 0.1) is 11.3 Å². The van der Waals surface area contributed by atoms with E-state index >= 15 is 0 Å². The third-order valence-corrected chi connectivity index (χ3v) is 1.14. The van der Waals surface area contributed by atoms with Crippen molar-refractivity contribution in [2.24, 2.45) is 0 Å². The summed E-state index contributed by atoms with van der Waals surface area (Å²) < 4.78 is 24.7. The highest BCUT2D eigenvalue weighted by molar-refractivity contribution is 7.86. The van der Waals surface area contributed by atoms with Crippen molar-refractivity contribution in [1.82, 2.24) is 0 Å². The second-order valence-corrected chi connectivity index (χ2v) is 3.17. The van der Waals surface area contributed by atoms with E-state index in [0.717, 1.165) is 6.26 Å². The van der Waals surface area contributed by atoms with Crippen LogP contribution in [0.5, 0.6) is 0 Å². The Morgan fingerprint density at radius 3 is 2.22 bits per heavy atom. The molecule has 0 bridgehead atoms. The van der Waals surface area contributed by atoms with Gasteiger partial charge in [-0.15, -0.1) is 0 Å². The maximum absolute atomic E-state index is 10.2. The van der Waals surface area contributed by atoms with Crippen LogP contribution in [0.15, 0.2) is 0 Å². The van der Waals surface area contributed by atoms with Crippen LogP contribution in [0.4, 0.5) is 0 Å². The number of hydrogen-bond acceptors (Lipinski definition) is 4. The summed E-state index contributed by atoms with van der Waals surface area (Å²) in [6.45, 7) is 1.36. The largest absolute Gasteiger partial charge is 0.265 e. The standard InChI is InChI=1S/C4H7NO3S/c1-4(3-5)8-9(2,6)7/h4H,1-2H3. The first-order valence-corrected chi connectivity index (χ1v) is 4.05. The molecule has 0 aliphatic heterocycles. The van der Waals surface area contributed by atoms with E-state index in [4.69, 9.17) is 5.26 Å². The Labute approximate surface area is 54.2 Å². The van der Waals surface area contributed by atoms with Crippen molar-refractivity contribution in [3.8, 4) is 6.07 Å². The van der Waals surface area contributed by atoms with Crippen molar-refractivity contribution in [2.75, 3.05) is 6.26 Å². The van der Waals surface area contributed by atoms with Gasteiger partial charge in [0.05, 0.1) is 12.3 Å². The number of hydrogen-bond donors (Lipinski definition) is 0. The quantitative estimate of drug-likeness (QED) is 0.513. The van der Waals surface area contributed by atoms with Gasteiger partial charge >= 0.3 is 0 Å². The smallest absolute Gasteiger partial charge is 0.252 e. The third kappa shape index (κ3) is 5.27. The van der Waals surface area contributed by atoms with Crippen LogP contribution in [-0.2, 0) is 14.3 Å². The molecule has 0 saturated carbocycles. The van der Waals surface area contributed by atoms with Crippen LogP contribution in [-0.4, -0.2) is 20.8 Å². The summed E-state index contributed by atoms with van der Waals surface area (Å²) in [5.41, 5.74) is 0. The third-order valence-electron chi connectivity index (χ3n) is 0.501. The summed E-state index contributed by atoms with van der Waals surface area (Å²) in [7, 11) is -3.46. The van der Waals surface area contributed by atoms with E-state index < -0.39 is 16.2 Å². The fourth-order valence-electron chi connectivity index (χ4n) is 0.284. The minimum atomic E-state index is -3.46. The summed E-state index contributed by atoms with van der Waals surface area (Å²) in [5.74, 6) is 0. The molecular weight excluding hydrogens is 142 g/mol. The topological polar surface area (TPSA) is 67.2 Å². The van der Waals surface area contributed by atoms with E-state index in [-0.39, 0.29) is 0 Å². The van der Waals surface area contributed by atoms with Crippen LogP contribution < -0.4 is 0 Å². The molecule has 0 radical (unpaired) electrons. The Morgan fingerprint density at radius 1 is 1.67 bits per heavy atom. The first-order chi connectivity index (χ1) is 3.95. The molecule has 0 N–H and O–H groups in total. The predicted molar refractivity (Wildman–Crippen MR) is 31.0 cm³/mol. The fourth-order valence-corrected chi connectivity index (χ4v) is 0.851. The fraction of sp³-hybridized carbons (Fsp3) is 0.750. The predicted octanol–water partition coefficient (Wildman–Crippen LogP) is -0.125. The number of nitriles is 1. The van der Waals surface area contributed by atoms with Gasteiger partial charge < -0.3 is 0 Å². The molecule has 0 fully saturated rings. The molecule has 0 aromatic carbocycles. The van der Waals surface area contributed by atoms with Gasteiger partial charge in [0.2, 0.25) is 0 Å². The van der Waals surface area contributed by atoms with Gasteiger partial charge in [-0.3, -0.25) is 4.18 Å². The van der Waals surface area contributed by atoms with Crippen molar-refractivity contribution in [3.05, 3.63) is 0 Å². The Hall–Kier alpha value is -0.600. The molecule has 0 aliphatic rings. The molecule has 9 heavy (non-hydrogen) atoms. The van der Waals surface area contributed by atoms with Gasteiger partial charge in [0.1, 0.15) is 0 Å². The van der Waals surface area contributed by atoms with Crippen LogP contribution in [0.1, 0.15) is 6.92 Å². The van der Waals surface area contributed by atoms with Gasteiger partial charge in [0.15, 0.2) is 6.10 Å². The lowest BCUT2D eigenvalue weighted by Crippen LogP contribution is -2.11. The van der Waals surface area contributed by atoms with Crippen molar-refractivity contribution in [1.29, 1.82) is 5.26 Å². The lowest BCUT2D eigenvalue weighted by atomic mass is 10.5. The Morgan fingerprint density at radius 2 is 2.11 bits per heavy atom. The molecule has 0 amide bonds. The van der Waals surface area contributed by atoms with Crippen LogP contribution in [0.2, 0.25) is 0 Å². The van der Waals surface area contributed by atoms with Crippen molar-refractivity contribution in [2.45, 2.75) is 13.0 Å². The van der Waals surface area contributed by atoms with Crippen molar-refractivity contribution < 1.29 is 12.6 Å². The van der Waals surface area contributed by atoms with Crippen molar-refractivity contribution >= 4 is 10.1 Å². The second-order valence-electron chi connectivity index (χ2n) is 1.57. The first-order valence-electron chi connectivity index (χ1n) is 2.23. The first kappa shape index (κ1) is 8.40. The van der Waals surface area contributed by atoms with Gasteiger partial charge in [-0.2, -0.15) is 13.7 Å². The van der Waals surface area contributed by atoms with E-state index in [9.17, 15) is 8.42 Å². The zero-order valence-electron chi connectivity index (χ0n) is 5.16. The molecule has 4 nitrogen and oxygen atoms in total. The lowest BCUT2D eigenvalue weighted by Gasteiger charge is -1.98. The SMILES string of the molecule is CC(C#N)OS(C)(=O)=O. The van der Waals surface area contributed by atoms with Gasteiger partial charge in [-0.1, -0.05) is 0 Å². The maximum Gasteiger partial charge on any atom is 0.265 e. The summed E-state index contributed by atoms with van der Waals surface area (Å²) in [4.78, 5) is 0. The molecule has 0 saturated heterocycles. The number of nitrogens with zero attached hydrogens (tertiary/aromatic N) is 1. The van der Waals surface area contributed by atoms with Crippen LogP contribution in [0.25, 0.3) is 0 Å². The second kappa shape index (κ2) is 2.80. The van der Waals surface area contributed by atoms with E-state index in [2.05, 4.69) is 4.18 Å². The summed E-state index contributed by atoms with van der Waals surface area (Å²) in [6.07, 6.45) is 0.0147. The molecule has 5 heteroatoms. The molecule has 0 spiro atoms. The van der Waals surface area contributed by atoms with E-state index in [0.29, 0.717) is 0 Å². The maximum atomic E-state index is 10.2. The molecule has 0 aromatic heterocycles. The Balaban J connectivity index is 3.94. The highest BCUT2D eigenvalue weighted by Crippen LogP contribution is 1.93. The molecular formula is C4H7NO3S. The Bertz CT molecular complexity index is 212. The monoisotopic (exact) mass is 149 g/mol. The molecule has 0 aromatic rings. The molecule has 1 atom stereocenters. The zero-order chi connectivity index (χ0) is 7.49. The number of rotatable bonds is 2. The summed E-state index contributed by atoms with van der Waals surface area (Å²) in [6, 6.07) is 1.62. The highest BCUT2D eigenvalue weighted by atomic mass is 32.2. The van der Waals surface area contributed by atoms with Gasteiger partial charge in [0.25, 0.3) is 10.1 Å². The van der Waals surface area contributed by atoms with E-state index in [1.54, 1.807) is 6.07 Å². The van der Waals surface area contributed by atoms with E-state index in [1.807, 2.05) is 0 Å². The molecule has 52 valence electrons. The van der Waals surface area contributed by atoms with Crippen LogP contribution >= 0.6 is 0 Å².